The number of aromatic nitrogens is 1. The number of aryl methyl sites for hydroxylation is 1. The minimum absolute atomic E-state index is 0. The number of anilines is 1. The summed E-state index contributed by atoms with van der Waals surface area (Å²) in [5.41, 5.74) is 2.11. The van der Waals surface area contributed by atoms with Crippen LogP contribution in [0.15, 0.2) is 30.5 Å². The number of carbonyl (C=O) groups excluding carboxylic acids is 1. The smallest absolute Gasteiger partial charge is 0.241 e. The van der Waals surface area contributed by atoms with Crippen molar-refractivity contribution in [1.82, 2.24) is 9.88 Å². The molecule has 3 rings (SSSR count). The summed E-state index contributed by atoms with van der Waals surface area (Å²) in [6.45, 7) is 4.15. The number of benzene rings is 1. The highest BCUT2D eigenvalue weighted by Crippen LogP contribution is 2.21. The van der Waals surface area contributed by atoms with E-state index in [9.17, 15) is 4.79 Å². The SMILES string of the molecule is CCCn1ccc2cc(NC(=O)[C@H]3CCCCN3)ccc21.Cl.Cl. The summed E-state index contributed by atoms with van der Waals surface area (Å²) in [4.78, 5) is 12.2. The van der Waals surface area contributed by atoms with Gasteiger partial charge in [0.2, 0.25) is 5.91 Å². The Balaban J connectivity index is 0.00000132. The topological polar surface area (TPSA) is 46.1 Å². The van der Waals surface area contributed by atoms with Gasteiger partial charge < -0.3 is 15.2 Å². The molecule has 1 aliphatic heterocycles. The van der Waals surface area contributed by atoms with Gasteiger partial charge in [-0.2, -0.15) is 0 Å². The molecule has 6 heteroatoms. The molecule has 2 aromatic rings. The van der Waals surface area contributed by atoms with Crippen molar-refractivity contribution in [2.24, 2.45) is 0 Å². The number of amides is 1. The molecule has 1 aromatic carbocycles. The largest absolute Gasteiger partial charge is 0.347 e. The normalized spacial score (nSPS) is 17.2. The van der Waals surface area contributed by atoms with Gasteiger partial charge in [-0.3, -0.25) is 4.79 Å². The van der Waals surface area contributed by atoms with Crippen LogP contribution in [0, 0.1) is 0 Å². The van der Waals surface area contributed by atoms with E-state index in [4.69, 9.17) is 0 Å². The zero-order valence-electron chi connectivity index (χ0n) is 13.4. The maximum Gasteiger partial charge on any atom is 0.241 e. The highest BCUT2D eigenvalue weighted by atomic mass is 35.5. The van der Waals surface area contributed by atoms with E-state index in [2.05, 4.69) is 46.5 Å². The Bertz CT molecular complexity index is 636. The van der Waals surface area contributed by atoms with Gasteiger partial charge in [-0.05, 0) is 50.1 Å². The molecular weight excluding hydrogens is 333 g/mol. The van der Waals surface area contributed by atoms with Gasteiger partial charge in [-0.25, -0.2) is 0 Å². The first-order valence-corrected chi connectivity index (χ1v) is 7.91. The highest BCUT2D eigenvalue weighted by Gasteiger charge is 2.20. The summed E-state index contributed by atoms with van der Waals surface area (Å²) < 4.78 is 2.25. The molecule has 0 unspecified atom stereocenters. The molecule has 1 aliphatic rings. The van der Waals surface area contributed by atoms with Crippen LogP contribution in [-0.4, -0.2) is 23.1 Å². The van der Waals surface area contributed by atoms with Gasteiger partial charge in [0.25, 0.3) is 0 Å². The third-order valence-corrected chi connectivity index (χ3v) is 4.13. The van der Waals surface area contributed by atoms with Gasteiger partial charge in [0.05, 0.1) is 6.04 Å². The van der Waals surface area contributed by atoms with Crippen LogP contribution in [0.25, 0.3) is 10.9 Å². The van der Waals surface area contributed by atoms with Crippen molar-refractivity contribution in [3.8, 4) is 0 Å². The van der Waals surface area contributed by atoms with Crippen LogP contribution in [0.2, 0.25) is 0 Å². The van der Waals surface area contributed by atoms with Gasteiger partial charge in [-0.1, -0.05) is 13.3 Å². The highest BCUT2D eigenvalue weighted by molar-refractivity contribution is 5.97. The molecule has 1 atom stereocenters. The van der Waals surface area contributed by atoms with Crippen molar-refractivity contribution >= 4 is 47.3 Å². The molecule has 23 heavy (non-hydrogen) atoms. The molecule has 0 bridgehead atoms. The zero-order chi connectivity index (χ0) is 14.7. The van der Waals surface area contributed by atoms with E-state index in [-0.39, 0.29) is 36.8 Å². The van der Waals surface area contributed by atoms with E-state index < -0.39 is 0 Å². The van der Waals surface area contributed by atoms with Crippen LogP contribution in [-0.2, 0) is 11.3 Å². The van der Waals surface area contributed by atoms with Gasteiger partial charge in [-0.15, -0.1) is 24.8 Å². The van der Waals surface area contributed by atoms with Crippen LogP contribution in [0.4, 0.5) is 5.69 Å². The summed E-state index contributed by atoms with van der Waals surface area (Å²) >= 11 is 0. The van der Waals surface area contributed by atoms with Crippen LogP contribution >= 0.6 is 24.8 Å². The summed E-state index contributed by atoms with van der Waals surface area (Å²) in [5.74, 6) is 0.0852. The fourth-order valence-corrected chi connectivity index (χ4v) is 3.02. The maximum absolute atomic E-state index is 12.2. The minimum Gasteiger partial charge on any atom is -0.347 e. The Labute approximate surface area is 149 Å². The van der Waals surface area contributed by atoms with Crippen LogP contribution in [0.3, 0.4) is 0 Å². The Hall–Kier alpha value is -1.23. The first-order chi connectivity index (χ1) is 10.3. The number of piperidine rings is 1. The zero-order valence-corrected chi connectivity index (χ0v) is 15.0. The molecule has 1 saturated heterocycles. The Morgan fingerprint density at radius 3 is 2.83 bits per heavy atom. The van der Waals surface area contributed by atoms with Gasteiger partial charge in [0.15, 0.2) is 0 Å². The van der Waals surface area contributed by atoms with Crippen molar-refractivity contribution in [2.75, 3.05) is 11.9 Å². The van der Waals surface area contributed by atoms with E-state index >= 15 is 0 Å². The summed E-state index contributed by atoms with van der Waals surface area (Å²) in [6, 6.07) is 8.21. The lowest BCUT2D eigenvalue weighted by Crippen LogP contribution is -2.43. The number of fused-ring (bicyclic) bond motifs is 1. The van der Waals surface area contributed by atoms with Crippen molar-refractivity contribution < 1.29 is 4.79 Å². The molecule has 4 nitrogen and oxygen atoms in total. The van der Waals surface area contributed by atoms with E-state index in [1.807, 2.05) is 6.07 Å². The molecule has 0 saturated carbocycles. The second kappa shape index (κ2) is 9.16. The lowest BCUT2D eigenvalue weighted by atomic mass is 10.0. The van der Waals surface area contributed by atoms with Gasteiger partial charge in [0.1, 0.15) is 0 Å². The molecule has 1 aromatic heterocycles. The standard InChI is InChI=1S/C17H23N3O.2ClH/c1-2-10-20-11-8-13-12-14(6-7-16(13)20)19-17(21)15-5-3-4-9-18-15;;/h6-8,11-12,15,18H,2-5,9-10H2,1H3,(H,19,21);2*1H/t15-;;/m1../s1. The number of halogens is 2. The van der Waals surface area contributed by atoms with Crippen LogP contribution in [0.5, 0.6) is 0 Å². The summed E-state index contributed by atoms with van der Waals surface area (Å²) in [5, 5.41) is 7.49. The monoisotopic (exact) mass is 357 g/mol. The van der Waals surface area contributed by atoms with Gasteiger partial charge >= 0.3 is 0 Å². The molecular formula is C17H25Cl2N3O. The minimum atomic E-state index is -0.0425. The molecule has 2 heterocycles. The van der Waals surface area contributed by atoms with Crippen molar-refractivity contribution in [3.63, 3.8) is 0 Å². The molecule has 0 radical (unpaired) electrons. The van der Waals surface area contributed by atoms with Crippen molar-refractivity contribution in [1.29, 1.82) is 0 Å². The average Bonchev–Trinajstić information content (AvgIpc) is 2.91. The number of nitrogens with zero attached hydrogens (tertiary/aromatic N) is 1. The van der Waals surface area contributed by atoms with Crippen LogP contribution in [0.1, 0.15) is 32.6 Å². The second-order valence-electron chi connectivity index (χ2n) is 5.77. The third kappa shape index (κ3) is 4.63. The molecule has 0 aliphatic carbocycles. The molecule has 0 spiro atoms. The van der Waals surface area contributed by atoms with E-state index in [1.165, 1.54) is 17.3 Å². The van der Waals surface area contributed by atoms with Crippen molar-refractivity contribution in [2.45, 2.75) is 45.2 Å². The number of nitrogens with one attached hydrogen (secondary N) is 2. The first-order valence-electron chi connectivity index (χ1n) is 7.91. The second-order valence-corrected chi connectivity index (χ2v) is 5.77. The van der Waals surface area contributed by atoms with Crippen molar-refractivity contribution in [3.05, 3.63) is 30.5 Å². The number of carbonyl (C=O) groups is 1. The fourth-order valence-electron chi connectivity index (χ4n) is 3.02. The lowest BCUT2D eigenvalue weighted by molar-refractivity contribution is -0.118. The first kappa shape index (κ1) is 19.8. The Morgan fingerprint density at radius 2 is 2.13 bits per heavy atom. The van der Waals surface area contributed by atoms with Crippen LogP contribution < -0.4 is 10.6 Å². The molecule has 1 amide bonds. The molecule has 128 valence electrons. The predicted molar refractivity (Wildman–Crippen MR) is 101 cm³/mol. The fraction of sp³-hybridized carbons (Fsp3) is 0.471. The van der Waals surface area contributed by atoms with E-state index in [1.54, 1.807) is 0 Å². The number of rotatable bonds is 4. The number of hydrogen-bond donors (Lipinski definition) is 2. The summed E-state index contributed by atoms with van der Waals surface area (Å²) in [7, 11) is 0. The number of hydrogen-bond acceptors (Lipinski definition) is 2. The molecule has 1 fully saturated rings. The Morgan fingerprint density at radius 1 is 1.30 bits per heavy atom. The van der Waals surface area contributed by atoms with E-state index in [0.717, 1.165) is 38.0 Å². The van der Waals surface area contributed by atoms with E-state index in [0.29, 0.717) is 0 Å². The summed E-state index contributed by atoms with van der Waals surface area (Å²) in [6.07, 6.45) is 6.46. The predicted octanol–water partition coefficient (Wildman–Crippen LogP) is 3.98. The quantitative estimate of drug-likeness (QED) is 0.869. The maximum atomic E-state index is 12.2. The lowest BCUT2D eigenvalue weighted by Gasteiger charge is -2.22. The van der Waals surface area contributed by atoms with Gasteiger partial charge in [0, 0.05) is 29.3 Å². The molecule has 2 N–H and O–H groups in total. The average molecular weight is 358 g/mol. The Kier molecular flexibility index (Phi) is 7.89. The third-order valence-electron chi connectivity index (χ3n) is 4.13.